The third kappa shape index (κ3) is 4.26. The summed E-state index contributed by atoms with van der Waals surface area (Å²) < 4.78 is 33.1. The lowest BCUT2D eigenvalue weighted by molar-refractivity contribution is 0.0237. The van der Waals surface area contributed by atoms with Crippen LogP contribution in [0.1, 0.15) is 69.9 Å². The summed E-state index contributed by atoms with van der Waals surface area (Å²) in [6.07, 6.45) is 6.67. The largest absolute Gasteiger partial charge is 0.450 e. The fourth-order valence-electron chi connectivity index (χ4n) is 7.12. The molecule has 2 atom stereocenters. The lowest BCUT2D eigenvalue weighted by Crippen LogP contribution is -2.57. The maximum Gasteiger partial charge on any atom is 0.410 e. The number of carbonyl (C=O) groups excluding carboxylic acids is 1. The molecule has 0 aliphatic carbocycles. The normalized spacial score (nSPS) is 29.2. The Morgan fingerprint density at radius 3 is 2.38 bits per heavy atom. The first-order valence-electron chi connectivity index (χ1n) is 13.1. The molecule has 0 aromatic heterocycles. The second-order valence-electron chi connectivity index (χ2n) is 10.7. The minimum Gasteiger partial charge on any atom is -0.450 e. The van der Waals surface area contributed by atoms with Crippen LogP contribution >= 0.6 is 0 Å². The number of rotatable bonds is 5. The van der Waals surface area contributed by atoms with Crippen molar-refractivity contribution in [1.29, 1.82) is 0 Å². The van der Waals surface area contributed by atoms with E-state index in [-0.39, 0.29) is 17.3 Å². The van der Waals surface area contributed by atoms with Gasteiger partial charge in [-0.3, -0.25) is 0 Å². The van der Waals surface area contributed by atoms with Gasteiger partial charge in [0.25, 0.3) is 0 Å². The number of likely N-dealkylation sites (tertiary alicyclic amines) is 1. The molecule has 4 aliphatic rings. The van der Waals surface area contributed by atoms with Gasteiger partial charge in [0, 0.05) is 36.6 Å². The number of benzene rings is 1. The number of hydrogen-bond acceptors (Lipinski definition) is 5. The summed E-state index contributed by atoms with van der Waals surface area (Å²) in [6.45, 7) is 7.31. The van der Waals surface area contributed by atoms with E-state index < -0.39 is 10.0 Å². The minimum absolute atomic E-state index is 0.100. The van der Waals surface area contributed by atoms with E-state index in [1.165, 1.54) is 11.1 Å². The third-order valence-corrected chi connectivity index (χ3v) is 10.7. The monoisotopic (exact) mass is 489 g/mol. The van der Waals surface area contributed by atoms with E-state index in [1.54, 1.807) is 4.31 Å². The molecule has 2 bridgehead atoms. The van der Waals surface area contributed by atoms with Crippen LogP contribution < -0.4 is 0 Å². The zero-order valence-corrected chi connectivity index (χ0v) is 21.4. The van der Waals surface area contributed by atoms with Crippen molar-refractivity contribution in [3.05, 3.63) is 35.4 Å². The fraction of sp³-hybridized carbons (Fsp3) is 0.731. The number of hydrogen-bond donors (Lipinski definition) is 0. The molecule has 1 spiro atoms. The molecule has 2 unspecified atom stereocenters. The number of nitrogens with zero attached hydrogens (tertiary/aromatic N) is 3. The zero-order valence-electron chi connectivity index (χ0n) is 20.6. The molecule has 5 rings (SSSR count). The molecule has 8 heteroatoms. The van der Waals surface area contributed by atoms with Crippen molar-refractivity contribution >= 4 is 16.1 Å². The lowest BCUT2D eigenvalue weighted by atomic mass is 9.69. The van der Waals surface area contributed by atoms with Crippen molar-refractivity contribution in [3.8, 4) is 0 Å². The van der Waals surface area contributed by atoms with E-state index in [0.29, 0.717) is 44.2 Å². The van der Waals surface area contributed by atoms with Gasteiger partial charge in [-0.25, -0.2) is 13.2 Å². The Balaban J connectivity index is 1.30. The topological polar surface area (TPSA) is 70.2 Å². The van der Waals surface area contributed by atoms with Gasteiger partial charge in [-0.15, -0.1) is 0 Å². The first-order valence-corrected chi connectivity index (χ1v) is 14.7. The summed E-state index contributed by atoms with van der Waals surface area (Å²) in [5.41, 5.74) is 2.43. The second kappa shape index (κ2) is 9.43. The van der Waals surface area contributed by atoms with Crippen molar-refractivity contribution < 1.29 is 17.9 Å². The number of amides is 1. The Labute approximate surface area is 204 Å². The second-order valence-corrected chi connectivity index (χ2v) is 12.8. The van der Waals surface area contributed by atoms with Gasteiger partial charge >= 0.3 is 6.09 Å². The van der Waals surface area contributed by atoms with E-state index in [0.717, 1.165) is 51.6 Å². The summed E-state index contributed by atoms with van der Waals surface area (Å²) in [5, 5.41) is 0. The highest BCUT2D eigenvalue weighted by Crippen LogP contribution is 2.45. The standard InChI is InChI=1S/C26H39N3O4S/c1-3-15-34(31,32)28-18-20-7-5-6-8-24(20)26(19-28)11-13-27(14-12-26)23-16-21-9-10-22(17-23)29(21)25(30)33-4-2/h5-8,21-23H,3-4,9-19H2,1-2H3. The highest BCUT2D eigenvalue weighted by molar-refractivity contribution is 7.89. The van der Waals surface area contributed by atoms with E-state index in [1.807, 2.05) is 24.8 Å². The third-order valence-electron chi connectivity index (χ3n) is 8.73. The zero-order chi connectivity index (χ0) is 23.9. The first-order chi connectivity index (χ1) is 16.4. The van der Waals surface area contributed by atoms with Gasteiger partial charge < -0.3 is 14.5 Å². The minimum atomic E-state index is -3.24. The molecular weight excluding hydrogens is 450 g/mol. The van der Waals surface area contributed by atoms with Crippen molar-refractivity contribution in [2.45, 2.75) is 88.9 Å². The van der Waals surface area contributed by atoms with Crippen LogP contribution in [0.4, 0.5) is 4.79 Å². The van der Waals surface area contributed by atoms with Gasteiger partial charge in [-0.2, -0.15) is 4.31 Å². The first kappa shape index (κ1) is 24.1. The quantitative estimate of drug-likeness (QED) is 0.630. The van der Waals surface area contributed by atoms with Crippen LogP contribution in [0.5, 0.6) is 0 Å². The average Bonchev–Trinajstić information content (AvgIpc) is 3.09. The highest BCUT2D eigenvalue weighted by atomic mass is 32.2. The lowest BCUT2D eigenvalue weighted by Gasteiger charge is -2.51. The maximum absolute atomic E-state index is 13.0. The van der Waals surface area contributed by atoms with Crippen LogP contribution in [0, 0.1) is 0 Å². The molecular formula is C26H39N3O4S. The fourth-order valence-corrected chi connectivity index (χ4v) is 8.67. The Bertz CT molecular complexity index is 991. The highest BCUT2D eigenvalue weighted by Gasteiger charge is 2.49. The Morgan fingerprint density at radius 2 is 1.74 bits per heavy atom. The van der Waals surface area contributed by atoms with Crippen molar-refractivity contribution in [2.24, 2.45) is 0 Å². The smallest absolute Gasteiger partial charge is 0.410 e. The molecule has 1 aromatic rings. The van der Waals surface area contributed by atoms with Crippen LogP contribution in [-0.2, 0) is 26.7 Å². The van der Waals surface area contributed by atoms with Gasteiger partial charge in [-0.1, -0.05) is 31.2 Å². The molecule has 34 heavy (non-hydrogen) atoms. The Morgan fingerprint density at radius 1 is 1.06 bits per heavy atom. The van der Waals surface area contributed by atoms with Crippen LogP contribution in [-0.4, -0.2) is 78.7 Å². The van der Waals surface area contributed by atoms with E-state index >= 15 is 0 Å². The van der Waals surface area contributed by atoms with Gasteiger partial charge in [0.05, 0.1) is 12.4 Å². The molecule has 7 nitrogen and oxygen atoms in total. The predicted octanol–water partition coefficient (Wildman–Crippen LogP) is 3.73. The molecule has 0 saturated carbocycles. The maximum atomic E-state index is 13.0. The van der Waals surface area contributed by atoms with Crippen LogP contribution in [0.2, 0.25) is 0 Å². The van der Waals surface area contributed by atoms with Gasteiger partial charge in [0.2, 0.25) is 10.0 Å². The molecule has 3 fully saturated rings. The average molecular weight is 490 g/mol. The van der Waals surface area contributed by atoms with Crippen molar-refractivity contribution in [3.63, 3.8) is 0 Å². The number of fused-ring (bicyclic) bond motifs is 4. The molecule has 1 aromatic carbocycles. The summed E-state index contributed by atoms with van der Waals surface area (Å²) >= 11 is 0. The molecule has 0 radical (unpaired) electrons. The van der Waals surface area contributed by atoms with Crippen LogP contribution in [0.25, 0.3) is 0 Å². The van der Waals surface area contributed by atoms with E-state index in [9.17, 15) is 13.2 Å². The van der Waals surface area contributed by atoms with Crippen LogP contribution in [0.3, 0.4) is 0 Å². The molecule has 1 amide bonds. The summed E-state index contributed by atoms with van der Waals surface area (Å²) in [6, 6.07) is 9.57. The van der Waals surface area contributed by atoms with Gasteiger partial charge in [0.1, 0.15) is 0 Å². The van der Waals surface area contributed by atoms with Crippen molar-refractivity contribution in [2.75, 3.05) is 32.0 Å². The van der Waals surface area contributed by atoms with Gasteiger partial charge in [-0.05, 0) is 76.1 Å². The molecule has 4 heterocycles. The molecule has 188 valence electrons. The number of carbonyl (C=O) groups is 1. The van der Waals surface area contributed by atoms with Crippen molar-refractivity contribution in [1.82, 2.24) is 14.1 Å². The molecule has 3 saturated heterocycles. The number of ether oxygens (including phenoxy) is 1. The Hall–Kier alpha value is -1.64. The predicted molar refractivity (Wildman–Crippen MR) is 132 cm³/mol. The summed E-state index contributed by atoms with van der Waals surface area (Å²) in [4.78, 5) is 17.1. The van der Waals surface area contributed by atoms with E-state index in [2.05, 4.69) is 23.1 Å². The number of sulfonamides is 1. The molecule has 0 N–H and O–H groups in total. The van der Waals surface area contributed by atoms with Crippen LogP contribution in [0.15, 0.2) is 24.3 Å². The summed E-state index contributed by atoms with van der Waals surface area (Å²) in [7, 11) is -3.24. The number of piperidine rings is 2. The molecule has 4 aliphatic heterocycles. The van der Waals surface area contributed by atoms with Gasteiger partial charge in [0.15, 0.2) is 0 Å². The Kier molecular flexibility index (Phi) is 6.68. The van der Waals surface area contributed by atoms with E-state index in [4.69, 9.17) is 4.74 Å². The SMILES string of the molecule is CCCS(=O)(=O)N1Cc2ccccc2C2(CCN(C3CC4CCC(C3)N4C(=O)OCC)CC2)C1. The summed E-state index contributed by atoms with van der Waals surface area (Å²) in [5.74, 6) is 0.221.